The maximum absolute atomic E-state index is 12.6. The van der Waals surface area contributed by atoms with Gasteiger partial charge in [0.15, 0.2) is 5.17 Å². The molecule has 32 heavy (non-hydrogen) atoms. The first kappa shape index (κ1) is 22.7. The number of nitrogens with zero attached hydrogens (tertiary/aromatic N) is 2. The number of aryl methyl sites for hydroxylation is 1. The van der Waals surface area contributed by atoms with E-state index in [1.54, 1.807) is 12.1 Å². The highest BCUT2D eigenvalue weighted by Gasteiger charge is 2.31. The quantitative estimate of drug-likeness (QED) is 0.496. The molecule has 4 nitrogen and oxygen atoms in total. The highest BCUT2D eigenvalue weighted by atomic mass is 35.5. The molecule has 0 spiro atoms. The molecule has 166 valence electrons. The lowest BCUT2D eigenvalue weighted by molar-refractivity contribution is -0.115. The standard InChI is InChI=1S/C26H28ClN3OS/c1-6-11-30-22-12-16(2)18(13-21(22)17(3)15-26(30,4)5)14-23-24(31)29-25(32-23)28-20-9-7-19(27)8-10-20/h7-10,12-15H,6,11H2,1-5H3,(H,28,29,31)/b23-14+. The second-order valence-corrected chi connectivity index (χ2v) is 10.3. The molecule has 6 heteroatoms. The van der Waals surface area contributed by atoms with E-state index in [9.17, 15) is 4.79 Å². The number of benzene rings is 2. The molecule has 4 rings (SSSR count). The molecule has 0 bridgehead atoms. The highest BCUT2D eigenvalue weighted by Crippen LogP contribution is 2.41. The normalized spacial score (nSPS) is 19.9. The van der Waals surface area contributed by atoms with Gasteiger partial charge in [-0.25, -0.2) is 4.99 Å². The first-order valence-corrected chi connectivity index (χ1v) is 12.0. The fourth-order valence-corrected chi connectivity index (χ4v) is 5.25. The number of rotatable bonds is 4. The molecule has 1 amide bonds. The van der Waals surface area contributed by atoms with Crippen molar-refractivity contribution in [2.24, 2.45) is 4.99 Å². The topological polar surface area (TPSA) is 44.7 Å². The number of nitrogens with one attached hydrogen (secondary N) is 1. The Morgan fingerprint density at radius 1 is 1.19 bits per heavy atom. The summed E-state index contributed by atoms with van der Waals surface area (Å²) in [5.41, 5.74) is 6.71. The van der Waals surface area contributed by atoms with Crippen LogP contribution in [0.3, 0.4) is 0 Å². The van der Waals surface area contributed by atoms with Crippen LogP contribution < -0.4 is 10.2 Å². The molecule has 0 aliphatic carbocycles. The molecule has 0 aromatic heterocycles. The molecular formula is C26H28ClN3OS. The summed E-state index contributed by atoms with van der Waals surface area (Å²) in [6, 6.07) is 11.7. The van der Waals surface area contributed by atoms with Crippen LogP contribution >= 0.6 is 23.4 Å². The van der Waals surface area contributed by atoms with Crippen molar-refractivity contribution in [2.45, 2.75) is 46.6 Å². The summed E-state index contributed by atoms with van der Waals surface area (Å²) in [5.74, 6) is -0.124. The number of aliphatic imine (C=N–C) groups is 1. The number of halogens is 1. The zero-order valence-corrected chi connectivity index (χ0v) is 20.7. The Bertz CT molecular complexity index is 1160. The molecule has 0 radical (unpaired) electrons. The van der Waals surface area contributed by atoms with E-state index < -0.39 is 0 Å². The van der Waals surface area contributed by atoms with E-state index >= 15 is 0 Å². The van der Waals surface area contributed by atoms with Gasteiger partial charge in [-0.05, 0) is 105 Å². The van der Waals surface area contributed by atoms with Crippen molar-refractivity contribution in [1.82, 2.24) is 5.32 Å². The minimum Gasteiger partial charge on any atom is -0.362 e. The summed E-state index contributed by atoms with van der Waals surface area (Å²) in [4.78, 5) is 20.2. The van der Waals surface area contributed by atoms with Crippen molar-refractivity contribution in [2.75, 3.05) is 11.4 Å². The van der Waals surface area contributed by atoms with E-state index in [1.807, 2.05) is 18.2 Å². The number of amides is 1. The van der Waals surface area contributed by atoms with E-state index in [-0.39, 0.29) is 11.4 Å². The van der Waals surface area contributed by atoms with Crippen molar-refractivity contribution in [1.29, 1.82) is 0 Å². The van der Waals surface area contributed by atoms with E-state index in [1.165, 1.54) is 28.6 Å². The van der Waals surface area contributed by atoms with Crippen LogP contribution in [0.4, 0.5) is 11.4 Å². The van der Waals surface area contributed by atoms with Crippen LogP contribution in [-0.4, -0.2) is 23.2 Å². The summed E-state index contributed by atoms with van der Waals surface area (Å²) < 4.78 is 0. The monoisotopic (exact) mass is 465 g/mol. The summed E-state index contributed by atoms with van der Waals surface area (Å²) in [5, 5.41) is 4.10. The van der Waals surface area contributed by atoms with Gasteiger partial charge >= 0.3 is 0 Å². The lowest BCUT2D eigenvalue weighted by atomic mass is 9.86. The number of thioether (sulfide) groups is 1. The summed E-state index contributed by atoms with van der Waals surface area (Å²) in [7, 11) is 0. The van der Waals surface area contributed by atoms with Gasteiger partial charge in [-0.1, -0.05) is 24.6 Å². The number of hydrogen-bond donors (Lipinski definition) is 1. The summed E-state index contributed by atoms with van der Waals surface area (Å²) in [6.07, 6.45) is 5.40. The Balaban J connectivity index is 1.67. The number of carbonyl (C=O) groups excluding carboxylic acids is 1. The smallest absolute Gasteiger partial charge is 0.264 e. The Morgan fingerprint density at radius 2 is 1.91 bits per heavy atom. The third kappa shape index (κ3) is 4.50. The molecule has 0 atom stereocenters. The maximum atomic E-state index is 12.6. The van der Waals surface area contributed by atoms with Crippen molar-refractivity contribution in [3.63, 3.8) is 0 Å². The molecular weight excluding hydrogens is 438 g/mol. The Labute approximate surface area is 199 Å². The summed E-state index contributed by atoms with van der Waals surface area (Å²) >= 11 is 7.30. The molecule has 1 fully saturated rings. The van der Waals surface area contributed by atoms with Gasteiger partial charge in [0.05, 0.1) is 16.1 Å². The first-order valence-electron chi connectivity index (χ1n) is 10.8. The lowest BCUT2D eigenvalue weighted by Crippen LogP contribution is -2.45. The molecule has 2 aliphatic rings. The second-order valence-electron chi connectivity index (χ2n) is 8.82. The van der Waals surface area contributed by atoms with Crippen LogP contribution in [0.1, 0.15) is 50.8 Å². The number of amidine groups is 1. The van der Waals surface area contributed by atoms with Crippen LogP contribution in [0, 0.1) is 6.92 Å². The largest absolute Gasteiger partial charge is 0.362 e. The van der Waals surface area contributed by atoms with Crippen molar-refractivity contribution < 1.29 is 4.79 Å². The van der Waals surface area contributed by atoms with E-state index in [4.69, 9.17) is 11.6 Å². The SMILES string of the molecule is CCCN1c2cc(C)c(/C=C3/SC(=Nc4ccc(Cl)cc4)NC3=O)cc2C(C)=CC1(C)C. The van der Waals surface area contributed by atoms with Crippen LogP contribution in [0.15, 0.2) is 52.4 Å². The van der Waals surface area contributed by atoms with Gasteiger partial charge in [0, 0.05) is 22.8 Å². The Kier molecular flexibility index (Phi) is 6.24. The second kappa shape index (κ2) is 8.80. The summed E-state index contributed by atoms with van der Waals surface area (Å²) in [6.45, 7) is 12.0. The number of hydrogen-bond acceptors (Lipinski definition) is 4. The van der Waals surface area contributed by atoms with E-state index in [2.05, 4.69) is 68.0 Å². The van der Waals surface area contributed by atoms with Crippen molar-refractivity contribution in [3.05, 3.63) is 69.1 Å². The van der Waals surface area contributed by atoms with Crippen LogP contribution in [0.2, 0.25) is 5.02 Å². The van der Waals surface area contributed by atoms with Gasteiger partial charge in [-0.3, -0.25) is 4.79 Å². The predicted octanol–water partition coefficient (Wildman–Crippen LogP) is 6.95. The van der Waals surface area contributed by atoms with Gasteiger partial charge in [0.1, 0.15) is 0 Å². The highest BCUT2D eigenvalue weighted by molar-refractivity contribution is 8.18. The average molecular weight is 466 g/mol. The third-order valence-corrected chi connectivity index (χ3v) is 6.97. The lowest BCUT2D eigenvalue weighted by Gasteiger charge is -2.43. The fourth-order valence-electron chi connectivity index (χ4n) is 4.29. The van der Waals surface area contributed by atoms with Crippen molar-refractivity contribution in [3.8, 4) is 0 Å². The average Bonchev–Trinajstić information content (AvgIpc) is 3.06. The molecule has 1 N–H and O–H groups in total. The Morgan fingerprint density at radius 3 is 2.59 bits per heavy atom. The number of fused-ring (bicyclic) bond motifs is 1. The molecule has 0 saturated carbocycles. The predicted molar refractivity (Wildman–Crippen MR) is 139 cm³/mol. The molecule has 2 aliphatic heterocycles. The van der Waals surface area contributed by atoms with Crippen LogP contribution in [0.5, 0.6) is 0 Å². The van der Waals surface area contributed by atoms with Crippen LogP contribution in [0.25, 0.3) is 11.6 Å². The minimum absolute atomic E-state index is 0.0201. The first-order chi connectivity index (χ1) is 15.2. The molecule has 1 saturated heterocycles. The third-order valence-electron chi connectivity index (χ3n) is 5.81. The van der Waals surface area contributed by atoms with E-state index in [0.29, 0.717) is 15.1 Å². The molecule has 2 heterocycles. The van der Waals surface area contributed by atoms with Crippen LogP contribution in [-0.2, 0) is 4.79 Å². The zero-order chi connectivity index (χ0) is 23.0. The number of anilines is 1. The fraction of sp³-hybridized carbons (Fsp3) is 0.308. The maximum Gasteiger partial charge on any atom is 0.264 e. The van der Waals surface area contributed by atoms with Gasteiger partial charge in [0.25, 0.3) is 5.91 Å². The number of carbonyl (C=O) groups is 1. The molecule has 0 unspecified atom stereocenters. The molecule has 2 aromatic carbocycles. The zero-order valence-electron chi connectivity index (χ0n) is 19.1. The van der Waals surface area contributed by atoms with Gasteiger partial charge in [-0.2, -0.15) is 0 Å². The minimum atomic E-state index is -0.124. The van der Waals surface area contributed by atoms with Gasteiger partial charge in [-0.15, -0.1) is 0 Å². The molecule has 2 aromatic rings. The Hall–Kier alpha value is -2.50. The van der Waals surface area contributed by atoms with Gasteiger partial charge < -0.3 is 10.2 Å². The van der Waals surface area contributed by atoms with Crippen molar-refractivity contribution >= 4 is 57.5 Å². The van der Waals surface area contributed by atoms with E-state index in [0.717, 1.165) is 29.8 Å². The number of allylic oxidation sites excluding steroid dienone is 1. The van der Waals surface area contributed by atoms with Gasteiger partial charge in [0.2, 0.25) is 0 Å².